The zero-order valence-electron chi connectivity index (χ0n) is 9.85. The number of ether oxygens (including phenoxy) is 1. The average molecular weight is 255 g/mol. The van der Waals surface area contributed by atoms with Crippen LogP contribution in [-0.2, 0) is 20.7 Å². The van der Waals surface area contributed by atoms with Gasteiger partial charge in [-0.05, 0) is 17.7 Å². The van der Waals surface area contributed by atoms with Crippen LogP contribution in [0, 0.1) is 5.82 Å². The van der Waals surface area contributed by atoms with Gasteiger partial charge in [0.25, 0.3) is 0 Å². The number of halogens is 1. The van der Waals surface area contributed by atoms with E-state index >= 15 is 0 Å². The molecule has 0 aromatic heterocycles. The fourth-order valence-corrected chi connectivity index (χ4v) is 1.43. The molecule has 0 radical (unpaired) electrons. The smallest absolute Gasteiger partial charge is 0.328 e. The fourth-order valence-electron chi connectivity index (χ4n) is 1.43. The van der Waals surface area contributed by atoms with Gasteiger partial charge in [0.15, 0.2) is 0 Å². The van der Waals surface area contributed by atoms with Gasteiger partial charge in [0.05, 0.1) is 7.11 Å². The van der Waals surface area contributed by atoms with E-state index < -0.39 is 24.5 Å². The highest BCUT2D eigenvalue weighted by Gasteiger charge is 2.21. The van der Waals surface area contributed by atoms with Crippen LogP contribution in [0.25, 0.3) is 0 Å². The monoisotopic (exact) mass is 255 g/mol. The van der Waals surface area contributed by atoms with Crippen molar-refractivity contribution in [3.05, 3.63) is 35.6 Å². The van der Waals surface area contributed by atoms with Gasteiger partial charge in [0.2, 0.25) is 5.91 Å². The molecule has 0 saturated carbocycles. The van der Waals surface area contributed by atoms with Crippen LogP contribution in [0.4, 0.5) is 4.39 Å². The molecule has 1 aromatic carbocycles. The molecule has 0 fully saturated rings. The molecule has 6 heteroatoms. The Morgan fingerprint density at radius 3 is 2.50 bits per heavy atom. The van der Waals surface area contributed by atoms with Gasteiger partial charge in [0.1, 0.15) is 18.5 Å². The first-order chi connectivity index (χ1) is 8.56. The third-order valence-corrected chi connectivity index (χ3v) is 2.32. The highest BCUT2D eigenvalue weighted by molar-refractivity contribution is 5.85. The predicted molar refractivity (Wildman–Crippen MR) is 61.1 cm³/mol. The van der Waals surface area contributed by atoms with Crippen LogP contribution in [0.5, 0.6) is 0 Å². The molecule has 98 valence electrons. The van der Waals surface area contributed by atoms with Crippen LogP contribution in [-0.4, -0.2) is 36.7 Å². The maximum atomic E-state index is 12.7. The second-order valence-electron chi connectivity index (χ2n) is 3.63. The van der Waals surface area contributed by atoms with E-state index in [0.717, 1.165) is 0 Å². The summed E-state index contributed by atoms with van der Waals surface area (Å²) in [5.74, 6) is -1.68. The van der Waals surface area contributed by atoms with E-state index in [2.05, 4.69) is 10.1 Å². The SMILES string of the molecule is COC(=O)[C@@H](Cc1ccc(F)cc1)NC(=O)CO. The van der Waals surface area contributed by atoms with E-state index in [4.69, 9.17) is 5.11 Å². The van der Waals surface area contributed by atoms with E-state index in [9.17, 15) is 14.0 Å². The first-order valence-electron chi connectivity index (χ1n) is 5.29. The van der Waals surface area contributed by atoms with Crippen LogP contribution in [0.1, 0.15) is 5.56 Å². The van der Waals surface area contributed by atoms with Crippen LogP contribution in [0.2, 0.25) is 0 Å². The molecule has 1 amide bonds. The number of hydrogen-bond donors (Lipinski definition) is 2. The van der Waals surface area contributed by atoms with Gasteiger partial charge in [-0.3, -0.25) is 4.79 Å². The molecule has 0 spiro atoms. The van der Waals surface area contributed by atoms with Crippen molar-refractivity contribution in [1.82, 2.24) is 5.32 Å². The summed E-state index contributed by atoms with van der Waals surface area (Å²) in [7, 11) is 1.20. The minimum absolute atomic E-state index is 0.165. The molecule has 0 saturated heterocycles. The Hall–Kier alpha value is -1.95. The number of amides is 1. The molecular formula is C12H14FNO4. The largest absolute Gasteiger partial charge is 0.467 e. The summed E-state index contributed by atoms with van der Waals surface area (Å²) in [6.07, 6.45) is 0.165. The molecule has 0 aliphatic heterocycles. The van der Waals surface area contributed by atoms with Gasteiger partial charge < -0.3 is 15.2 Å². The van der Waals surface area contributed by atoms with Gasteiger partial charge in [-0.15, -0.1) is 0 Å². The van der Waals surface area contributed by atoms with Crippen molar-refractivity contribution < 1.29 is 23.8 Å². The van der Waals surface area contributed by atoms with Crippen LogP contribution >= 0.6 is 0 Å². The number of rotatable bonds is 5. The standard InChI is InChI=1S/C12H14FNO4/c1-18-12(17)10(14-11(16)7-15)6-8-2-4-9(13)5-3-8/h2-5,10,15H,6-7H2,1H3,(H,14,16)/t10-/m1/s1. The molecule has 0 bridgehead atoms. The second kappa shape index (κ2) is 6.70. The minimum atomic E-state index is -0.903. The first-order valence-corrected chi connectivity index (χ1v) is 5.29. The molecule has 1 rings (SSSR count). The Kier molecular flexibility index (Phi) is 5.26. The number of hydrogen-bond acceptors (Lipinski definition) is 4. The molecule has 18 heavy (non-hydrogen) atoms. The Bertz CT molecular complexity index is 419. The Labute approximate surface area is 104 Å². The van der Waals surface area contributed by atoms with E-state index in [1.807, 2.05) is 0 Å². The van der Waals surface area contributed by atoms with E-state index in [0.29, 0.717) is 5.56 Å². The predicted octanol–water partition coefficient (Wildman–Crippen LogP) is 0.0183. The summed E-state index contributed by atoms with van der Waals surface area (Å²) in [6, 6.07) is 4.64. The average Bonchev–Trinajstić information content (AvgIpc) is 2.39. The van der Waals surface area contributed by atoms with E-state index in [-0.39, 0.29) is 12.2 Å². The molecule has 2 N–H and O–H groups in total. The van der Waals surface area contributed by atoms with Crippen molar-refractivity contribution in [2.45, 2.75) is 12.5 Å². The summed E-state index contributed by atoms with van der Waals surface area (Å²) >= 11 is 0. The molecule has 5 nitrogen and oxygen atoms in total. The van der Waals surface area contributed by atoms with E-state index in [1.54, 1.807) is 0 Å². The van der Waals surface area contributed by atoms with Crippen LogP contribution < -0.4 is 5.32 Å². The number of carbonyl (C=O) groups excluding carboxylic acids is 2. The maximum Gasteiger partial charge on any atom is 0.328 e. The highest BCUT2D eigenvalue weighted by Crippen LogP contribution is 2.06. The number of aliphatic hydroxyl groups is 1. The first kappa shape index (κ1) is 14.1. The zero-order chi connectivity index (χ0) is 13.5. The summed E-state index contributed by atoms with van der Waals surface area (Å²) < 4.78 is 17.3. The lowest BCUT2D eigenvalue weighted by atomic mass is 10.1. The number of benzene rings is 1. The fraction of sp³-hybridized carbons (Fsp3) is 0.333. The van der Waals surface area contributed by atoms with Gasteiger partial charge in [0, 0.05) is 6.42 Å². The normalized spacial score (nSPS) is 11.7. The number of aliphatic hydroxyl groups excluding tert-OH is 1. The van der Waals surface area contributed by atoms with Crippen molar-refractivity contribution in [1.29, 1.82) is 0 Å². The Morgan fingerprint density at radius 1 is 1.39 bits per heavy atom. The summed E-state index contributed by atoms with van der Waals surface area (Å²) in [5, 5.41) is 11.0. The lowest BCUT2D eigenvalue weighted by Crippen LogP contribution is -2.44. The molecular weight excluding hydrogens is 241 g/mol. The third-order valence-electron chi connectivity index (χ3n) is 2.32. The van der Waals surface area contributed by atoms with E-state index in [1.165, 1.54) is 31.4 Å². The molecule has 1 atom stereocenters. The topological polar surface area (TPSA) is 75.6 Å². The quantitative estimate of drug-likeness (QED) is 0.727. The second-order valence-corrected chi connectivity index (χ2v) is 3.63. The third kappa shape index (κ3) is 4.14. The van der Waals surface area contributed by atoms with Crippen molar-refractivity contribution >= 4 is 11.9 Å². The number of esters is 1. The van der Waals surface area contributed by atoms with Crippen LogP contribution in [0.3, 0.4) is 0 Å². The molecule has 1 aromatic rings. The lowest BCUT2D eigenvalue weighted by Gasteiger charge is -2.15. The number of methoxy groups -OCH3 is 1. The van der Waals surface area contributed by atoms with Gasteiger partial charge in [-0.25, -0.2) is 9.18 Å². The number of nitrogens with one attached hydrogen (secondary N) is 1. The highest BCUT2D eigenvalue weighted by atomic mass is 19.1. The summed E-state index contributed by atoms with van der Waals surface area (Å²) in [6.45, 7) is -0.711. The molecule has 0 heterocycles. The minimum Gasteiger partial charge on any atom is -0.467 e. The van der Waals surface area contributed by atoms with Crippen molar-refractivity contribution in [2.75, 3.05) is 13.7 Å². The van der Waals surface area contributed by atoms with Gasteiger partial charge in [-0.1, -0.05) is 12.1 Å². The van der Waals surface area contributed by atoms with Crippen molar-refractivity contribution in [3.63, 3.8) is 0 Å². The summed E-state index contributed by atoms with van der Waals surface area (Å²) in [4.78, 5) is 22.5. The Balaban J connectivity index is 2.74. The van der Waals surface area contributed by atoms with Crippen LogP contribution in [0.15, 0.2) is 24.3 Å². The lowest BCUT2D eigenvalue weighted by molar-refractivity contribution is -0.145. The Morgan fingerprint density at radius 2 is 2.00 bits per heavy atom. The van der Waals surface area contributed by atoms with Crippen molar-refractivity contribution in [3.8, 4) is 0 Å². The van der Waals surface area contributed by atoms with Gasteiger partial charge >= 0.3 is 5.97 Å². The zero-order valence-corrected chi connectivity index (χ0v) is 9.85. The molecule has 0 unspecified atom stereocenters. The van der Waals surface area contributed by atoms with Gasteiger partial charge in [-0.2, -0.15) is 0 Å². The summed E-state index contributed by atoms with van der Waals surface area (Å²) in [5.41, 5.74) is 0.671. The molecule has 0 aliphatic carbocycles. The molecule has 0 aliphatic rings. The maximum absolute atomic E-state index is 12.7. The number of carbonyl (C=O) groups is 2. The van der Waals surface area contributed by atoms with Crippen molar-refractivity contribution in [2.24, 2.45) is 0 Å².